The lowest BCUT2D eigenvalue weighted by Gasteiger charge is -2.23. The van der Waals surface area contributed by atoms with Crippen LogP contribution in [0.1, 0.15) is 117 Å². The van der Waals surface area contributed by atoms with Gasteiger partial charge in [0.05, 0.1) is 27.7 Å². The molecule has 0 aliphatic rings. The maximum Gasteiger partial charge on any atom is 0.0780 e. The maximum atomic E-state index is 7.57. The molecule has 0 amide bonds. The summed E-state index contributed by atoms with van der Waals surface area (Å²) in [6.07, 6.45) is 23.4. The Kier molecular flexibility index (Phi) is 29.3. The lowest BCUT2D eigenvalue weighted by atomic mass is 10.0. The quantitative estimate of drug-likeness (QED) is 0.225. The predicted octanol–water partition coefficient (Wildman–Crippen LogP) is 6.78. The fourth-order valence-corrected chi connectivity index (χ4v) is 3.13. The average Bonchev–Trinajstić information content (AvgIpc) is 2.54. The van der Waals surface area contributed by atoms with Crippen LogP contribution in [0.3, 0.4) is 0 Å². The van der Waals surface area contributed by atoms with Crippen molar-refractivity contribution >= 4 is 0 Å². The molecule has 0 aliphatic carbocycles. The van der Waals surface area contributed by atoms with E-state index in [1.165, 1.54) is 109 Å². The highest BCUT2D eigenvalue weighted by atomic mass is 16.2. The molecule has 0 heterocycles. The zero-order chi connectivity index (χ0) is 19.2. The lowest BCUT2D eigenvalue weighted by Crippen LogP contribution is -2.35. The molecule has 2 N–H and O–H groups in total. The molecule has 0 aliphatic heterocycles. The van der Waals surface area contributed by atoms with Crippen LogP contribution >= 0.6 is 0 Å². The van der Waals surface area contributed by atoms with Crippen molar-refractivity contribution in [3.8, 4) is 0 Å². The van der Waals surface area contributed by atoms with Crippen LogP contribution in [0, 0.1) is 0 Å². The van der Waals surface area contributed by atoms with Crippen LogP contribution in [0.15, 0.2) is 0 Å². The van der Waals surface area contributed by atoms with Gasteiger partial charge in [0.15, 0.2) is 0 Å². The van der Waals surface area contributed by atoms with E-state index >= 15 is 0 Å². The normalized spacial score (nSPS) is 10.8. The summed E-state index contributed by atoms with van der Waals surface area (Å²) in [6.45, 7) is 5.56. The molecule has 3 heteroatoms. The van der Waals surface area contributed by atoms with E-state index in [0.717, 1.165) is 4.48 Å². The monoisotopic (exact) mass is 375 g/mol. The molecule has 0 bridgehead atoms. The smallest absolute Gasteiger partial charge is 0.0780 e. The molecule has 0 unspecified atom stereocenters. The molecule has 0 atom stereocenters. The van der Waals surface area contributed by atoms with Crippen molar-refractivity contribution in [2.45, 2.75) is 117 Å². The molecule has 0 aromatic heterocycles. The second-order valence-corrected chi connectivity index (χ2v) is 8.63. The first-order valence-electron chi connectivity index (χ1n) is 11.4. The van der Waals surface area contributed by atoms with E-state index in [1.807, 2.05) is 0 Å². The Labute approximate surface area is 166 Å². The number of rotatable bonds is 17. The number of hydrogen-bond acceptors (Lipinski definition) is 2. The summed E-state index contributed by atoms with van der Waals surface area (Å²) in [7, 11) is 6.89. The van der Waals surface area contributed by atoms with Crippen molar-refractivity contribution in [1.82, 2.24) is 0 Å². The van der Waals surface area contributed by atoms with Crippen molar-refractivity contribution in [2.75, 3.05) is 34.3 Å². The Morgan fingerprint density at radius 3 is 0.962 bits per heavy atom. The molecule has 0 fully saturated rings. The highest BCUT2D eigenvalue weighted by Crippen LogP contribution is 2.13. The number of quaternary nitrogens is 1. The zero-order valence-electron chi connectivity index (χ0n) is 19.1. The van der Waals surface area contributed by atoms with Gasteiger partial charge in [-0.15, -0.1) is 0 Å². The maximum absolute atomic E-state index is 7.57. The second-order valence-electron chi connectivity index (χ2n) is 8.63. The minimum absolute atomic E-state index is 0. The van der Waals surface area contributed by atoms with Crippen LogP contribution < -0.4 is 0 Å². The fourth-order valence-electron chi connectivity index (χ4n) is 3.13. The van der Waals surface area contributed by atoms with Gasteiger partial charge in [0, 0.05) is 6.61 Å². The Morgan fingerprint density at radius 1 is 0.500 bits per heavy atom. The van der Waals surface area contributed by atoms with Gasteiger partial charge in [0.2, 0.25) is 0 Å². The third-order valence-electron chi connectivity index (χ3n) is 4.68. The Balaban J connectivity index is -0.00000123. The van der Waals surface area contributed by atoms with Gasteiger partial charge in [-0.1, -0.05) is 96.8 Å². The molecule has 0 saturated carbocycles. The second kappa shape index (κ2) is 24.9. The summed E-state index contributed by atoms with van der Waals surface area (Å²) < 4.78 is 1.12. The van der Waals surface area contributed by atoms with E-state index in [1.54, 1.807) is 6.92 Å². The summed E-state index contributed by atoms with van der Waals surface area (Å²) in [5.41, 5.74) is 0. The molecule has 0 aromatic carbocycles. The van der Waals surface area contributed by atoms with Crippen molar-refractivity contribution in [2.24, 2.45) is 0 Å². The first kappa shape index (κ1) is 30.6. The number of aliphatic hydroxyl groups excluding tert-OH is 1. The molecular formula is C23H53NO2. The van der Waals surface area contributed by atoms with E-state index in [2.05, 4.69) is 28.1 Å². The van der Waals surface area contributed by atoms with Gasteiger partial charge in [-0.25, -0.2) is 0 Å². The number of hydrogen-bond donors (Lipinski definition) is 1. The van der Waals surface area contributed by atoms with Crippen molar-refractivity contribution in [3.63, 3.8) is 0 Å². The van der Waals surface area contributed by atoms with E-state index in [0.29, 0.717) is 0 Å². The molecule has 0 radical (unpaired) electrons. The summed E-state index contributed by atoms with van der Waals surface area (Å²) in [5, 5.41) is 7.57. The van der Waals surface area contributed by atoms with E-state index in [9.17, 15) is 0 Å². The highest BCUT2D eigenvalue weighted by Gasteiger charge is 2.04. The Bertz CT molecular complexity index is 227. The van der Waals surface area contributed by atoms with Gasteiger partial charge < -0.3 is 15.1 Å². The topological polar surface area (TPSA) is 50.2 Å². The van der Waals surface area contributed by atoms with Gasteiger partial charge >= 0.3 is 0 Å². The average molecular weight is 376 g/mol. The van der Waals surface area contributed by atoms with Gasteiger partial charge in [0.1, 0.15) is 0 Å². The molecule has 162 valence electrons. The highest BCUT2D eigenvalue weighted by molar-refractivity contribution is 4.49. The van der Waals surface area contributed by atoms with Crippen LogP contribution in [-0.2, 0) is 0 Å². The lowest BCUT2D eigenvalue weighted by molar-refractivity contribution is -0.870. The van der Waals surface area contributed by atoms with Crippen LogP contribution in [0.2, 0.25) is 0 Å². The first-order chi connectivity index (χ1) is 12.0. The van der Waals surface area contributed by atoms with Gasteiger partial charge in [-0.05, 0) is 19.8 Å². The fraction of sp³-hybridized carbons (Fsp3) is 1.00. The van der Waals surface area contributed by atoms with Crippen molar-refractivity contribution in [1.29, 1.82) is 0 Å². The van der Waals surface area contributed by atoms with E-state index in [4.69, 9.17) is 5.11 Å². The molecular weight excluding hydrogens is 322 g/mol. The molecule has 0 rings (SSSR count). The first-order valence-corrected chi connectivity index (χ1v) is 11.4. The van der Waals surface area contributed by atoms with Crippen LogP contribution in [-0.4, -0.2) is 49.4 Å². The summed E-state index contributed by atoms with van der Waals surface area (Å²) in [4.78, 5) is 0. The Morgan fingerprint density at radius 2 is 0.731 bits per heavy atom. The van der Waals surface area contributed by atoms with Gasteiger partial charge in [-0.2, -0.15) is 0 Å². The van der Waals surface area contributed by atoms with Crippen molar-refractivity contribution < 1.29 is 15.1 Å². The van der Waals surface area contributed by atoms with E-state index in [-0.39, 0.29) is 12.1 Å². The number of aliphatic hydroxyl groups is 1. The van der Waals surface area contributed by atoms with Crippen LogP contribution in [0.5, 0.6) is 0 Å². The van der Waals surface area contributed by atoms with E-state index < -0.39 is 0 Å². The number of nitrogens with zero attached hydrogens (tertiary/aromatic N) is 1. The summed E-state index contributed by atoms with van der Waals surface area (Å²) >= 11 is 0. The third kappa shape index (κ3) is 35.1. The van der Waals surface area contributed by atoms with Gasteiger partial charge in [0.25, 0.3) is 0 Å². The van der Waals surface area contributed by atoms with Crippen molar-refractivity contribution in [3.05, 3.63) is 0 Å². The summed E-state index contributed by atoms with van der Waals surface area (Å²) in [5.74, 6) is 0. The molecule has 26 heavy (non-hydrogen) atoms. The predicted molar refractivity (Wildman–Crippen MR) is 117 cm³/mol. The Hall–Kier alpha value is -0.120. The zero-order valence-corrected chi connectivity index (χ0v) is 19.1. The van der Waals surface area contributed by atoms with Crippen LogP contribution in [0.25, 0.3) is 0 Å². The summed E-state index contributed by atoms with van der Waals surface area (Å²) in [6, 6.07) is 0. The minimum atomic E-state index is 0. The minimum Gasteiger partial charge on any atom is -0.870 e. The van der Waals surface area contributed by atoms with Crippen LogP contribution in [0.4, 0.5) is 0 Å². The number of unbranched alkanes of at least 4 members (excludes halogenated alkanes) is 15. The standard InChI is InChI=1S/C21H46N.C2H6O.H2O/c1-5-6-7-8-9-10-11-12-13-14-15-16-17-18-19-20-21-22(2,3)4;1-2-3;/h5-21H2,1-4H3;3H,2H2,1H3;1H2/q+1;;/p-1. The molecule has 3 nitrogen and oxygen atoms in total. The largest absolute Gasteiger partial charge is 0.870 e. The van der Waals surface area contributed by atoms with Gasteiger partial charge in [-0.3, -0.25) is 0 Å². The molecule has 0 spiro atoms. The SMILES string of the molecule is CCCCCCCCCCCCCCCCCC[N+](C)(C)C.CCO.[OH-]. The third-order valence-corrected chi connectivity index (χ3v) is 4.68. The molecule has 0 saturated heterocycles. The molecule has 0 aromatic rings.